The van der Waals surface area contributed by atoms with E-state index < -0.39 is 18.0 Å². The minimum Gasteiger partial charge on any atom is -0.493 e. The number of fused-ring (bicyclic) bond motifs is 2. The minimum atomic E-state index is -0.925. The zero-order valence-electron chi connectivity index (χ0n) is 17.8. The van der Waals surface area contributed by atoms with Gasteiger partial charge in [0.05, 0.1) is 33.4 Å². The van der Waals surface area contributed by atoms with Gasteiger partial charge < -0.3 is 24.8 Å². The molecule has 1 saturated heterocycles. The Kier molecular flexibility index (Phi) is 5.75. The summed E-state index contributed by atoms with van der Waals surface area (Å²) in [7, 11) is 4.37. The van der Waals surface area contributed by atoms with E-state index in [4.69, 9.17) is 14.2 Å². The Hall–Kier alpha value is -3.23. The van der Waals surface area contributed by atoms with E-state index in [2.05, 4.69) is 22.8 Å². The second-order valence-corrected chi connectivity index (χ2v) is 8.11. The molecule has 1 aromatic carbocycles. The van der Waals surface area contributed by atoms with E-state index in [0.717, 1.165) is 11.3 Å². The van der Waals surface area contributed by atoms with Crippen molar-refractivity contribution in [1.29, 1.82) is 0 Å². The molecule has 1 saturated carbocycles. The first-order chi connectivity index (χ1) is 14.9. The largest absolute Gasteiger partial charge is 0.493 e. The van der Waals surface area contributed by atoms with Crippen molar-refractivity contribution >= 4 is 23.5 Å². The molecular formula is C22H27N3O6. The lowest BCUT2D eigenvalue weighted by atomic mass is 9.93. The third-order valence-electron chi connectivity index (χ3n) is 6.29. The van der Waals surface area contributed by atoms with Crippen LogP contribution in [0, 0.1) is 17.8 Å². The van der Waals surface area contributed by atoms with Gasteiger partial charge in [-0.05, 0) is 30.6 Å². The number of amides is 4. The number of ether oxygens (including phenoxy) is 3. The summed E-state index contributed by atoms with van der Waals surface area (Å²) in [6.45, 7) is 0.593. The number of methoxy groups -OCH3 is 3. The maximum absolute atomic E-state index is 12.9. The summed E-state index contributed by atoms with van der Waals surface area (Å²) < 4.78 is 15.9. The van der Waals surface area contributed by atoms with Crippen molar-refractivity contribution in [3.63, 3.8) is 0 Å². The number of anilines is 1. The summed E-state index contributed by atoms with van der Waals surface area (Å²) in [5.74, 6) is 1.85. The molecule has 1 heterocycles. The number of carbonyl (C=O) groups is 3. The van der Waals surface area contributed by atoms with Crippen molar-refractivity contribution in [1.82, 2.24) is 10.6 Å². The number of hydrogen-bond donors (Lipinski definition) is 2. The van der Waals surface area contributed by atoms with Gasteiger partial charge in [-0.3, -0.25) is 9.59 Å². The van der Waals surface area contributed by atoms with Crippen molar-refractivity contribution in [3.05, 3.63) is 24.3 Å². The number of benzene rings is 1. The van der Waals surface area contributed by atoms with Crippen molar-refractivity contribution < 1.29 is 28.6 Å². The molecule has 31 heavy (non-hydrogen) atoms. The zero-order valence-corrected chi connectivity index (χ0v) is 17.8. The molecule has 9 heteroatoms. The highest BCUT2D eigenvalue weighted by atomic mass is 16.5. The van der Waals surface area contributed by atoms with Gasteiger partial charge in [0.2, 0.25) is 11.7 Å². The van der Waals surface area contributed by atoms with Gasteiger partial charge in [-0.2, -0.15) is 0 Å². The molecule has 1 aromatic rings. The number of urea groups is 1. The van der Waals surface area contributed by atoms with Crippen LogP contribution in [0.15, 0.2) is 24.3 Å². The molecule has 2 aliphatic carbocycles. The van der Waals surface area contributed by atoms with Gasteiger partial charge >= 0.3 is 6.03 Å². The molecule has 2 fully saturated rings. The highest BCUT2D eigenvalue weighted by Crippen LogP contribution is 2.43. The van der Waals surface area contributed by atoms with Crippen molar-refractivity contribution in [2.75, 3.05) is 32.8 Å². The summed E-state index contributed by atoms with van der Waals surface area (Å²) in [6, 6.07) is 1.51. The highest BCUT2D eigenvalue weighted by Gasteiger charge is 2.41. The molecule has 0 aromatic heterocycles. The summed E-state index contributed by atoms with van der Waals surface area (Å²) in [5.41, 5.74) is 0.272. The SMILES string of the molecule is COc1cc(N2C(=O)N[C@H](CC(=O)NC[C@H]3C[C@H]4C=C[C@H]3C4)C2=O)cc(OC)c1OC. The van der Waals surface area contributed by atoms with Gasteiger partial charge in [0.1, 0.15) is 6.04 Å². The summed E-state index contributed by atoms with van der Waals surface area (Å²) >= 11 is 0. The van der Waals surface area contributed by atoms with Crippen LogP contribution >= 0.6 is 0 Å². The summed E-state index contributed by atoms with van der Waals surface area (Å²) in [5, 5.41) is 5.52. The van der Waals surface area contributed by atoms with Crippen LogP contribution in [-0.4, -0.2) is 51.8 Å². The molecule has 0 spiro atoms. The fourth-order valence-corrected chi connectivity index (χ4v) is 4.74. The lowest BCUT2D eigenvalue weighted by Crippen LogP contribution is -2.38. The van der Waals surface area contributed by atoms with Crippen LogP contribution in [-0.2, 0) is 9.59 Å². The molecule has 2 bridgehead atoms. The van der Waals surface area contributed by atoms with Gasteiger partial charge in [0, 0.05) is 18.7 Å². The van der Waals surface area contributed by atoms with E-state index in [9.17, 15) is 14.4 Å². The Labute approximate surface area is 180 Å². The molecule has 166 valence electrons. The monoisotopic (exact) mass is 429 g/mol. The smallest absolute Gasteiger partial charge is 0.329 e. The number of rotatable bonds is 8. The number of hydrogen-bond acceptors (Lipinski definition) is 6. The van der Waals surface area contributed by atoms with Crippen molar-refractivity contribution in [3.8, 4) is 17.2 Å². The van der Waals surface area contributed by atoms with Crippen LogP contribution in [0.1, 0.15) is 19.3 Å². The first-order valence-electron chi connectivity index (χ1n) is 10.3. The van der Waals surface area contributed by atoms with Crippen LogP contribution in [0.2, 0.25) is 0 Å². The number of carbonyl (C=O) groups excluding carboxylic acids is 3. The predicted molar refractivity (Wildman–Crippen MR) is 112 cm³/mol. The second kappa shape index (κ2) is 8.49. The average molecular weight is 429 g/mol. The fourth-order valence-electron chi connectivity index (χ4n) is 4.74. The maximum atomic E-state index is 12.9. The normalized spacial score (nSPS) is 26.2. The molecule has 0 unspecified atom stereocenters. The van der Waals surface area contributed by atoms with Gasteiger partial charge in [-0.1, -0.05) is 12.2 Å². The van der Waals surface area contributed by atoms with Crippen LogP contribution in [0.3, 0.4) is 0 Å². The predicted octanol–water partition coefficient (Wildman–Crippen LogP) is 1.86. The van der Waals surface area contributed by atoms with Crippen molar-refractivity contribution in [2.24, 2.45) is 17.8 Å². The zero-order chi connectivity index (χ0) is 22.1. The fraction of sp³-hybridized carbons (Fsp3) is 0.500. The van der Waals surface area contributed by atoms with Gasteiger partial charge in [-0.25, -0.2) is 9.69 Å². The molecule has 4 amide bonds. The lowest BCUT2D eigenvalue weighted by molar-refractivity contribution is -0.125. The van der Waals surface area contributed by atoms with E-state index in [-0.39, 0.29) is 18.0 Å². The molecule has 1 aliphatic heterocycles. The second-order valence-electron chi connectivity index (χ2n) is 8.11. The van der Waals surface area contributed by atoms with E-state index in [1.165, 1.54) is 39.9 Å². The molecule has 2 N–H and O–H groups in total. The highest BCUT2D eigenvalue weighted by molar-refractivity contribution is 6.22. The van der Waals surface area contributed by atoms with Crippen LogP contribution < -0.4 is 29.7 Å². The van der Waals surface area contributed by atoms with E-state index in [1.54, 1.807) is 0 Å². The van der Waals surface area contributed by atoms with Crippen molar-refractivity contribution in [2.45, 2.75) is 25.3 Å². The van der Waals surface area contributed by atoms with Gasteiger partial charge in [0.25, 0.3) is 5.91 Å². The maximum Gasteiger partial charge on any atom is 0.329 e. The van der Waals surface area contributed by atoms with E-state index in [0.29, 0.717) is 41.5 Å². The van der Waals surface area contributed by atoms with Crippen LogP contribution in [0.25, 0.3) is 0 Å². The molecule has 3 aliphatic rings. The first kappa shape index (κ1) is 21.0. The molecular weight excluding hydrogens is 402 g/mol. The quantitative estimate of drug-likeness (QED) is 0.483. The Balaban J connectivity index is 1.41. The van der Waals surface area contributed by atoms with E-state index >= 15 is 0 Å². The third-order valence-corrected chi connectivity index (χ3v) is 6.29. The Morgan fingerprint density at radius 3 is 2.35 bits per heavy atom. The average Bonchev–Trinajstić information content (AvgIpc) is 3.46. The first-order valence-corrected chi connectivity index (χ1v) is 10.3. The Bertz CT molecular complexity index is 905. The van der Waals surface area contributed by atoms with E-state index in [1.807, 2.05) is 0 Å². The summed E-state index contributed by atoms with van der Waals surface area (Å²) in [4.78, 5) is 38.9. The number of nitrogens with zero attached hydrogens (tertiary/aromatic N) is 1. The molecule has 0 radical (unpaired) electrons. The molecule has 9 nitrogen and oxygen atoms in total. The third kappa shape index (κ3) is 3.92. The molecule has 4 atom stereocenters. The van der Waals surface area contributed by atoms with Gasteiger partial charge in [0.15, 0.2) is 11.5 Å². The standard InChI is InChI=1S/C22H27N3O6/c1-29-17-8-15(9-18(30-2)20(17)31-3)25-21(27)16(24-22(25)28)10-19(26)23-11-14-7-12-4-5-13(14)6-12/h4-5,8-9,12-14,16H,6-7,10-11H2,1-3H3,(H,23,26)(H,24,28)/t12-,13-,14+,16+/m0/s1. The lowest BCUT2D eigenvalue weighted by Gasteiger charge is -2.19. The Morgan fingerprint density at radius 2 is 1.81 bits per heavy atom. The molecule has 4 rings (SSSR count). The Morgan fingerprint density at radius 1 is 1.10 bits per heavy atom. The summed E-state index contributed by atoms with van der Waals surface area (Å²) in [6.07, 6.45) is 6.65. The number of allylic oxidation sites excluding steroid dienone is 2. The number of nitrogens with one attached hydrogen (secondary N) is 2. The topological polar surface area (TPSA) is 106 Å². The van der Waals surface area contributed by atoms with Gasteiger partial charge in [-0.15, -0.1) is 0 Å². The number of imide groups is 1. The van der Waals surface area contributed by atoms with Crippen LogP contribution in [0.4, 0.5) is 10.5 Å². The minimum absolute atomic E-state index is 0.109. The van der Waals surface area contributed by atoms with Crippen LogP contribution in [0.5, 0.6) is 17.2 Å².